The number of methoxy groups -OCH3 is 1. The van der Waals surface area contributed by atoms with Crippen LogP contribution >= 0.6 is 11.3 Å². The molecule has 3 amide bonds. The van der Waals surface area contributed by atoms with E-state index < -0.39 is 6.04 Å². The summed E-state index contributed by atoms with van der Waals surface area (Å²) in [6, 6.07) is 8.82. The van der Waals surface area contributed by atoms with E-state index >= 15 is 0 Å². The Morgan fingerprint density at radius 1 is 1.08 bits per heavy atom. The Kier molecular flexibility index (Phi) is 19.4. The van der Waals surface area contributed by atoms with Gasteiger partial charge in [-0.15, -0.1) is 11.3 Å². The Balaban J connectivity index is 1.87. The van der Waals surface area contributed by atoms with Crippen molar-refractivity contribution < 1.29 is 29.0 Å². The number of amides is 3. The standard InChI is InChI=1S/C41H67N5O6S/c1-9-19-46(41(50)37(30(6)10-2)44-39(49)35-18-14-15-20-45(35)7)36(28(3)4)23-32(25-52-27-51-8)40-43-34(26-53-40)38(48)42-33(21-29(5)24-47)22-31-16-12-11-13-17-31/h11-13,16-17,26,28-30,32-33,35-37,47H,9-10,14-15,18-25,27H2,1-8H3,(H,42,48)(H,44,49)/t29?,30-,32?,33?,35?,36?,37?/m0/s1. The van der Waals surface area contributed by atoms with Crippen LogP contribution in [-0.4, -0.2) is 109 Å². The molecule has 0 saturated carbocycles. The first kappa shape index (κ1) is 44.5. The predicted octanol–water partition coefficient (Wildman–Crippen LogP) is 5.88. The minimum atomic E-state index is -0.633. The van der Waals surface area contributed by atoms with Crippen LogP contribution in [0.2, 0.25) is 0 Å². The van der Waals surface area contributed by atoms with Crippen molar-refractivity contribution >= 4 is 29.1 Å². The topological polar surface area (TPSA) is 133 Å². The van der Waals surface area contributed by atoms with Gasteiger partial charge in [0.1, 0.15) is 18.5 Å². The first-order valence-corrected chi connectivity index (χ1v) is 20.6. The molecule has 6 unspecified atom stereocenters. The number of likely N-dealkylation sites (tertiary alicyclic amines) is 1. The number of aromatic nitrogens is 1. The first-order valence-electron chi connectivity index (χ1n) is 19.7. The summed E-state index contributed by atoms with van der Waals surface area (Å²) in [5.74, 6) is -0.500. The van der Waals surface area contributed by atoms with Gasteiger partial charge in [0.2, 0.25) is 11.8 Å². The number of hydrogen-bond donors (Lipinski definition) is 3. The van der Waals surface area contributed by atoms with E-state index in [9.17, 15) is 19.5 Å². The summed E-state index contributed by atoms with van der Waals surface area (Å²) < 4.78 is 11.1. The van der Waals surface area contributed by atoms with Crippen LogP contribution in [-0.2, 0) is 25.5 Å². The van der Waals surface area contributed by atoms with Crippen molar-refractivity contribution in [3.05, 3.63) is 52.0 Å². The van der Waals surface area contributed by atoms with Crippen LogP contribution in [0, 0.1) is 17.8 Å². The lowest BCUT2D eigenvalue weighted by Crippen LogP contribution is -2.58. The van der Waals surface area contributed by atoms with Gasteiger partial charge in [0.05, 0.1) is 17.7 Å². The summed E-state index contributed by atoms with van der Waals surface area (Å²) in [6.45, 7) is 14.3. The molecular weight excluding hydrogens is 691 g/mol. The molecule has 1 fully saturated rings. The van der Waals surface area contributed by atoms with E-state index in [-0.39, 0.29) is 72.9 Å². The quantitative estimate of drug-likeness (QED) is 0.0947. The zero-order valence-corrected chi connectivity index (χ0v) is 34.3. The second-order valence-corrected chi connectivity index (χ2v) is 16.3. The van der Waals surface area contributed by atoms with Gasteiger partial charge in [0.25, 0.3) is 5.91 Å². The summed E-state index contributed by atoms with van der Waals surface area (Å²) in [4.78, 5) is 50.8. The van der Waals surface area contributed by atoms with Crippen molar-refractivity contribution in [2.45, 2.75) is 123 Å². The molecule has 0 aliphatic carbocycles. The first-order chi connectivity index (χ1) is 25.4. The summed E-state index contributed by atoms with van der Waals surface area (Å²) in [7, 11) is 3.57. The minimum Gasteiger partial charge on any atom is -0.396 e. The summed E-state index contributed by atoms with van der Waals surface area (Å²) in [5.41, 5.74) is 1.45. The Labute approximate surface area is 322 Å². The molecule has 1 aromatic carbocycles. The largest absolute Gasteiger partial charge is 0.396 e. The molecule has 12 heteroatoms. The van der Waals surface area contributed by atoms with Gasteiger partial charge in [0.15, 0.2) is 0 Å². The van der Waals surface area contributed by atoms with Crippen molar-refractivity contribution in [2.75, 3.05) is 47.3 Å². The lowest BCUT2D eigenvalue weighted by atomic mass is 9.89. The number of benzene rings is 1. The molecule has 7 atom stereocenters. The maximum absolute atomic E-state index is 14.6. The molecule has 3 rings (SSSR count). The van der Waals surface area contributed by atoms with Crippen LogP contribution in [0.5, 0.6) is 0 Å². The molecule has 0 radical (unpaired) electrons. The van der Waals surface area contributed by atoms with E-state index in [0.29, 0.717) is 38.1 Å². The second-order valence-electron chi connectivity index (χ2n) is 15.4. The maximum atomic E-state index is 14.6. The highest BCUT2D eigenvalue weighted by atomic mass is 32.1. The number of aliphatic hydroxyl groups excluding tert-OH is 1. The maximum Gasteiger partial charge on any atom is 0.270 e. The zero-order chi connectivity index (χ0) is 38.9. The highest BCUT2D eigenvalue weighted by Gasteiger charge is 2.38. The van der Waals surface area contributed by atoms with Crippen LogP contribution < -0.4 is 10.6 Å². The molecular formula is C41H67N5O6S. The number of ether oxygens (including phenoxy) is 2. The monoisotopic (exact) mass is 757 g/mol. The van der Waals surface area contributed by atoms with E-state index in [1.807, 2.05) is 56.1 Å². The predicted molar refractivity (Wildman–Crippen MR) is 212 cm³/mol. The molecule has 11 nitrogen and oxygen atoms in total. The Morgan fingerprint density at radius 3 is 2.43 bits per heavy atom. The van der Waals surface area contributed by atoms with E-state index in [1.54, 1.807) is 12.5 Å². The lowest BCUT2D eigenvalue weighted by Gasteiger charge is -2.40. The number of carbonyl (C=O) groups is 3. The highest BCUT2D eigenvalue weighted by Crippen LogP contribution is 2.31. The fourth-order valence-corrected chi connectivity index (χ4v) is 8.15. The molecule has 2 aromatic rings. The summed E-state index contributed by atoms with van der Waals surface area (Å²) in [6.07, 6.45) is 6.25. The third kappa shape index (κ3) is 13.7. The molecule has 1 aliphatic rings. The second kappa shape index (κ2) is 23.1. The molecule has 0 spiro atoms. The van der Waals surface area contributed by atoms with Gasteiger partial charge in [-0.25, -0.2) is 4.98 Å². The van der Waals surface area contributed by atoms with Crippen molar-refractivity contribution in [3.63, 3.8) is 0 Å². The minimum absolute atomic E-state index is 0.0286. The van der Waals surface area contributed by atoms with Crippen molar-refractivity contribution in [1.82, 2.24) is 25.4 Å². The SMILES string of the molecule is CCCN(C(=O)C(NC(=O)C1CCCCN1C)[C@@H](C)CC)C(CC(COCOC)c1nc(C(=O)NC(Cc2ccccc2)CC(C)CO)cs1)C(C)C. The van der Waals surface area contributed by atoms with Crippen molar-refractivity contribution in [1.29, 1.82) is 0 Å². The van der Waals surface area contributed by atoms with E-state index in [4.69, 9.17) is 14.5 Å². The summed E-state index contributed by atoms with van der Waals surface area (Å²) in [5, 5.41) is 18.7. The number of thiazole rings is 1. The molecule has 2 heterocycles. The number of rotatable bonds is 23. The highest BCUT2D eigenvalue weighted by molar-refractivity contribution is 7.09. The lowest BCUT2D eigenvalue weighted by molar-refractivity contribution is -0.142. The molecule has 1 aromatic heterocycles. The van der Waals surface area contributed by atoms with E-state index in [0.717, 1.165) is 49.2 Å². The smallest absolute Gasteiger partial charge is 0.270 e. The molecule has 1 aliphatic heterocycles. The van der Waals surface area contributed by atoms with Crippen molar-refractivity contribution in [3.8, 4) is 0 Å². The third-order valence-electron chi connectivity index (χ3n) is 10.6. The average Bonchev–Trinajstić information content (AvgIpc) is 3.65. The van der Waals surface area contributed by atoms with Crippen LogP contribution in [0.1, 0.15) is 113 Å². The fraction of sp³-hybridized carbons (Fsp3) is 0.707. The fourth-order valence-electron chi connectivity index (χ4n) is 7.25. The Morgan fingerprint density at radius 2 is 1.81 bits per heavy atom. The molecule has 3 N–H and O–H groups in total. The Hall–Kier alpha value is -2.90. The zero-order valence-electron chi connectivity index (χ0n) is 33.5. The van der Waals surface area contributed by atoms with Gasteiger partial charge in [-0.3, -0.25) is 19.3 Å². The van der Waals surface area contributed by atoms with Crippen LogP contribution in [0.4, 0.5) is 0 Å². The molecule has 0 bridgehead atoms. The van der Waals surface area contributed by atoms with Gasteiger partial charge in [-0.1, -0.05) is 84.7 Å². The van der Waals surface area contributed by atoms with Gasteiger partial charge < -0.3 is 30.1 Å². The molecule has 298 valence electrons. The molecule has 53 heavy (non-hydrogen) atoms. The molecule has 1 saturated heterocycles. The van der Waals surface area contributed by atoms with E-state index in [1.165, 1.54) is 11.3 Å². The normalized spacial score (nSPS) is 18.5. The number of carbonyl (C=O) groups excluding carboxylic acids is 3. The number of aliphatic hydroxyl groups is 1. The van der Waals surface area contributed by atoms with Crippen LogP contribution in [0.25, 0.3) is 0 Å². The number of likely N-dealkylation sites (N-methyl/N-ethyl adjacent to an activating group) is 1. The third-order valence-corrected chi connectivity index (χ3v) is 11.6. The van der Waals surface area contributed by atoms with Gasteiger partial charge in [-0.2, -0.15) is 0 Å². The number of piperidine rings is 1. The van der Waals surface area contributed by atoms with Crippen molar-refractivity contribution in [2.24, 2.45) is 17.8 Å². The Bertz CT molecular complexity index is 1380. The number of hydrogen-bond acceptors (Lipinski definition) is 9. The summed E-state index contributed by atoms with van der Waals surface area (Å²) >= 11 is 1.42. The van der Waals surface area contributed by atoms with E-state index in [2.05, 4.69) is 43.2 Å². The number of nitrogens with zero attached hydrogens (tertiary/aromatic N) is 3. The average molecular weight is 758 g/mol. The number of nitrogens with one attached hydrogen (secondary N) is 2. The van der Waals surface area contributed by atoms with Crippen LogP contribution in [0.15, 0.2) is 35.7 Å². The van der Waals surface area contributed by atoms with Crippen LogP contribution in [0.3, 0.4) is 0 Å². The van der Waals surface area contributed by atoms with Gasteiger partial charge in [0, 0.05) is 43.6 Å². The van der Waals surface area contributed by atoms with Gasteiger partial charge >= 0.3 is 0 Å². The van der Waals surface area contributed by atoms with Gasteiger partial charge in [-0.05, 0) is 75.4 Å².